The van der Waals surface area contributed by atoms with E-state index in [2.05, 4.69) is 25.4 Å². The zero-order valence-electron chi connectivity index (χ0n) is 17.5. The Morgan fingerprint density at radius 2 is 1.81 bits per heavy atom. The maximum atomic E-state index is 12.5. The molecule has 1 fully saturated rings. The minimum atomic E-state index is -0.0402. The van der Waals surface area contributed by atoms with Crippen LogP contribution in [-0.4, -0.2) is 69.0 Å². The average Bonchev–Trinajstić information content (AvgIpc) is 3.23. The highest BCUT2D eigenvalue weighted by molar-refractivity contribution is 5.79. The van der Waals surface area contributed by atoms with Gasteiger partial charge in [0.1, 0.15) is 11.6 Å². The molecule has 31 heavy (non-hydrogen) atoms. The minimum Gasteiger partial charge on any atom is -0.356 e. The Kier molecular flexibility index (Phi) is 6.71. The molecular weight excluding hydrogens is 394 g/mol. The van der Waals surface area contributed by atoms with Gasteiger partial charge in [0.15, 0.2) is 5.65 Å². The Morgan fingerprint density at radius 3 is 2.61 bits per heavy atom. The van der Waals surface area contributed by atoms with Gasteiger partial charge in [-0.15, -0.1) is 10.2 Å². The summed E-state index contributed by atoms with van der Waals surface area (Å²) in [6, 6.07) is 11.6. The first-order chi connectivity index (χ1) is 15.2. The van der Waals surface area contributed by atoms with E-state index in [1.165, 1.54) is 0 Å². The number of nitrogens with zero attached hydrogens (tertiary/aromatic N) is 6. The van der Waals surface area contributed by atoms with E-state index in [1.54, 1.807) is 6.20 Å². The molecule has 0 radical (unpaired) electrons. The predicted molar refractivity (Wildman–Crippen MR) is 117 cm³/mol. The molecule has 0 atom stereocenters. The summed E-state index contributed by atoms with van der Waals surface area (Å²) < 4.78 is 1.92. The summed E-state index contributed by atoms with van der Waals surface area (Å²) in [6.07, 6.45) is 5.60. The van der Waals surface area contributed by atoms with E-state index in [4.69, 9.17) is 0 Å². The third-order valence-corrected chi connectivity index (χ3v) is 5.46. The molecule has 4 heterocycles. The normalized spacial score (nSPS) is 14.1. The molecule has 0 saturated carbocycles. The van der Waals surface area contributed by atoms with Crippen LogP contribution in [0.3, 0.4) is 0 Å². The molecule has 3 aromatic heterocycles. The van der Waals surface area contributed by atoms with Gasteiger partial charge in [0.25, 0.3) is 0 Å². The van der Waals surface area contributed by atoms with E-state index in [-0.39, 0.29) is 11.8 Å². The molecule has 1 N–H and O–H groups in total. The second-order valence-corrected chi connectivity index (χ2v) is 7.55. The smallest absolute Gasteiger partial charge is 0.222 e. The SMILES string of the molecule is O=C(CCCC(=O)N1CCN(c2ccccn2)CC1)NCCc1nnc2ccccn12. The van der Waals surface area contributed by atoms with Crippen LogP contribution in [0.4, 0.5) is 5.82 Å². The van der Waals surface area contributed by atoms with Gasteiger partial charge in [0.2, 0.25) is 11.8 Å². The standard InChI is InChI=1S/C22H27N7O2/c30-21(24-12-10-20-26-25-19-7-2-4-13-29(19)20)8-5-9-22(31)28-16-14-27(15-17-28)18-6-1-3-11-23-18/h1-4,6-7,11,13H,5,8-10,12,14-17H2,(H,24,30). The Morgan fingerprint density at radius 1 is 0.968 bits per heavy atom. The molecule has 4 rings (SSSR count). The van der Waals surface area contributed by atoms with Crippen molar-refractivity contribution in [1.82, 2.24) is 29.8 Å². The van der Waals surface area contributed by atoms with Crippen molar-refractivity contribution in [2.45, 2.75) is 25.7 Å². The number of pyridine rings is 2. The van der Waals surface area contributed by atoms with Crippen LogP contribution >= 0.6 is 0 Å². The monoisotopic (exact) mass is 421 g/mol. The van der Waals surface area contributed by atoms with Gasteiger partial charge in [-0.25, -0.2) is 4.98 Å². The maximum Gasteiger partial charge on any atom is 0.222 e. The zero-order valence-corrected chi connectivity index (χ0v) is 17.5. The zero-order chi connectivity index (χ0) is 21.5. The van der Waals surface area contributed by atoms with Crippen molar-refractivity contribution in [3.8, 4) is 0 Å². The van der Waals surface area contributed by atoms with Crippen molar-refractivity contribution in [1.29, 1.82) is 0 Å². The number of hydrogen-bond acceptors (Lipinski definition) is 6. The van der Waals surface area contributed by atoms with Gasteiger partial charge in [-0.05, 0) is 30.7 Å². The molecular formula is C22H27N7O2. The maximum absolute atomic E-state index is 12.5. The van der Waals surface area contributed by atoms with Crippen LogP contribution in [0.5, 0.6) is 0 Å². The number of amides is 2. The van der Waals surface area contributed by atoms with Gasteiger partial charge in [-0.2, -0.15) is 0 Å². The quantitative estimate of drug-likeness (QED) is 0.589. The molecule has 0 aliphatic carbocycles. The average molecular weight is 422 g/mol. The Labute approximate surface area is 181 Å². The Balaban J connectivity index is 1.12. The van der Waals surface area contributed by atoms with Crippen LogP contribution in [0.1, 0.15) is 25.1 Å². The van der Waals surface area contributed by atoms with Gasteiger partial charge < -0.3 is 15.1 Å². The van der Waals surface area contributed by atoms with Gasteiger partial charge in [0.05, 0.1) is 0 Å². The highest BCUT2D eigenvalue weighted by atomic mass is 16.2. The summed E-state index contributed by atoms with van der Waals surface area (Å²) >= 11 is 0. The number of piperazine rings is 1. The molecule has 0 spiro atoms. The van der Waals surface area contributed by atoms with Crippen molar-refractivity contribution in [2.24, 2.45) is 0 Å². The summed E-state index contributed by atoms with van der Waals surface area (Å²) in [5, 5.41) is 11.2. The van der Waals surface area contributed by atoms with Crippen LogP contribution < -0.4 is 10.2 Å². The van der Waals surface area contributed by atoms with Gasteiger partial charge in [0, 0.05) is 64.4 Å². The molecule has 162 valence electrons. The lowest BCUT2D eigenvalue weighted by Crippen LogP contribution is -2.49. The van der Waals surface area contributed by atoms with E-state index in [0.717, 1.165) is 30.4 Å². The van der Waals surface area contributed by atoms with E-state index < -0.39 is 0 Å². The topological polar surface area (TPSA) is 95.7 Å². The van der Waals surface area contributed by atoms with Gasteiger partial charge in [-0.3, -0.25) is 14.0 Å². The molecule has 0 unspecified atom stereocenters. The van der Waals surface area contributed by atoms with Crippen molar-refractivity contribution in [3.63, 3.8) is 0 Å². The summed E-state index contributed by atoms with van der Waals surface area (Å²) in [5.74, 6) is 1.84. The van der Waals surface area contributed by atoms with Crippen molar-refractivity contribution in [3.05, 3.63) is 54.6 Å². The number of nitrogens with one attached hydrogen (secondary N) is 1. The van der Waals surface area contributed by atoms with E-state index in [0.29, 0.717) is 45.3 Å². The third kappa shape index (κ3) is 5.36. The molecule has 9 heteroatoms. The number of hydrogen-bond donors (Lipinski definition) is 1. The molecule has 1 aliphatic rings. The molecule has 0 bridgehead atoms. The second-order valence-electron chi connectivity index (χ2n) is 7.55. The van der Waals surface area contributed by atoms with E-state index >= 15 is 0 Å². The lowest BCUT2D eigenvalue weighted by atomic mass is 10.2. The molecule has 3 aromatic rings. The van der Waals surface area contributed by atoms with Crippen LogP contribution in [0, 0.1) is 0 Å². The first-order valence-corrected chi connectivity index (χ1v) is 10.7. The summed E-state index contributed by atoms with van der Waals surface area (Å²) in [7, 11) is 0. The fourth-order valence-electron chi connectivity index (χ4n) is 3.75. The summed E-state index contributed by atoms with van der Waals surface area (Å²) in [6.45, 7) is 3.43. The van der Waals surface area contributed by atoms with Crippen LogP contribution in [0.15, 0.2) is 48.8 Å². The highest BCUT2D eigenvalue weighted by Gasteiger charge is 2.21. The highest BCUT2D eigenvalue weighted by Crippen LogP contribution is 2.13. The van der Waals surface area contributed by atoms with E-state index in [1.807, 2.05) is 51.9 Å². The number of rotatable bonds is 8. The largest absolute Gasteiger partial charge is 0.356 e. The van der Waals surface area contributed by atoms with Crippen LogP contribution in [0.25, 0.3) is 5.65 Å². The lowest BCUT2D eigenvalue weighted by Gasteiger charge is -2.35. The number of anilines is 1. The van der Waals surface area contributed by atoms with Crippen molar-refractivity contribution < 1.29 is 9.59 Å². The molecule has 0 aromatic carbocycles. The first kappa shape index (κ1) is 20.8. The number of carbonyl (C=O) groups excluding carboxylic acids is 2. The molecule has 1 aliphatic heterocycles. The minimum absolute atomic E-state index is 0.0402. The second kappa shape index (κ2) is 10.0. The summed E-state index contributed by atoms with van der Waals surface area (Å²) in [5.41, 5.74) is 0.795. The van der Waals surface area contributed by atoms with Crippen molar-refractivity contribution in [2.75, 3.05) is 37.6 Å². The van der Waals surface area contributed by atoms with Crippen LogP contribution in [0.2, 0.25) is 0 Å². The molecule has 1 saturated heterocycles. The Bertz CT molecular complexity index is 1010. The number of fused-ring (bicyclic) bond motifs is 1. The lowest BCUT2D eigenvalue weighted by molar-refractivity contribution is -0.131. The Hall–Kier alpha value is -3.49. The van der Waals surface area contributed by atoms with Gasteiger partial charge in [-0.1, -0.05) is 12.1 Å². The number of carbonyl (C=O) groups is 2. The van der Waals surface area contributed by atoms with Crippen molar-refractivity contribution >= 4 is 23.3 Å². The van der Waals surface area contributed by atoms with Crippen LogP contribution in [-0.2, 0) is 16.0 Å². The predicted octanol–water partition coefficient (Wildman–Crippen LogP) is 1.30. The first-order valence-electron chi connectivity index (χ1n) is 10.7. The third-order valence-electron chi connectivity index (χ3n) is 5.46. The van der Waals surface area contributed by atoms with E-state index in [9.17, 15) is 9.59 Å². The fraction of sp³-hybridized carbons (Fsp3) is 0.409. The molecule has 9 nitrogen and oxygen atoms in total. The molecule has 2 amide bonds. The van der Waals surface area contributed by atoms with Gasteiger partial charge >= 0.3 is 0 Å². The summed E-state index contributed by atoms with van der Waals surface area (Å²) in [4.78, 5) is 33.0. The number of aromatic nitrogens is 4. The fourth-order valence-corrected chi connectivity index (χ4v) is 3.75.